The molecule has 0 saturated heterocycles. The van der Waals surface area contributed by atoms with Gasteiger partial charge in [-0.15, -0.1) is 0 Å². The van der Waals surface area contributed by atoms with Crippen LogP contribution in [-0.2, 0) is 4.74 Å². The lowest BCUT2D eigenvalue weighted by molar-refractivity contribution is 0.0903. The van der Waals surface area contributed by atoms with Gasteiger partial charge in [0.15, 0.2) is 0 Å². The molecule has 2 N–H and O–H groups in total. The molecule has 0 unspecified atom stereocenters. The Morgan fingerprint density at radius 2 is 1.71 bits per heavy atom. The summed E-state index contributed by atoms with van der Waals surface area (Å²) < 4.78 is 6.93. The summed E-state index contributed by atoms with van der Waals surface area (Å²) >= 11 is 0. The van der Waals surface area contributed by atoms with E-state index in [4.69, 9.17) is 4.74 Å². The molecule has 2 rings (SSSR count). The molecule has 0 aromatic carbocycles. The summed E-state index contributed by atoms with van der Waals surface area (Å²) in [5.74, 6) is -0.633. The smallest absolute Gasteiger partial charge is 0.257 e. The number of nitrogens with zero attached hydrogens (tertiary/aromatic N) is 1. The summed E-state index contributed by atoms with van der Waals surface area (Å²) in [7, 11) is 1.55. The molecule has 1 fully saturated rings. The normalized spacial score (nSPS) is 16.0. The Balaban J connectivity index is 2.38. The van der Waals surface area contributed by atoms with Crippen molar-refractivity contribution in [1.82, 2.24) is 15.2 Å². The van der Waals surface area contributed by atoms with E-state index in [9.17, 15) is 14.4 Å². The van der Waals surface area contributed by atoms with Crippen molar-refractivity contribution in [2.75, 3.05) is 20.3 Å². The SMILES string of the molecule is COC[C@@H](C)NC(=O)c1cn(C2CCCCC2)cc(C(=O)NCC(C)C)c1=O. The van der Waals surface area contributed by atoms with E-state index < -0.39 is 17.2 Å². The fraction of sp³-hybridized carbons (Fsp3) is 0.667. The molecule has 0 radical (unpaired) electrons. The number of nitrogens with one attached hydrogen (secondary N) is 2. The van der Waals surface area contributed by atoms with Gasteiger partial charge in [0.25, 0.3) is 11.8 Å². The zero-order valence-electron chi connectivity index (χ0n) is 17.4. The predicted molar refractivity (Wildman–Crippen MR) is 109 cm³/mol. The second-order valence-corrected chi connectivity index (χ2v) is 8.09. The molecule has 1 atom stereocenters. The monoisotopic (exact) mass is 391 g/mol. The van der Waals surface area contributed by atoms with Crippen LogP contribution in [0.15, 0.2) is 17.2 Å². The van der Waals surface area contributed by atoms with E-state index in [2.05, 4.69) is 10.6 Å². The first kappa shape index (κ1) is 22.1. The Kier molecular flexibility index (Phi) is 8.23. The number of methoxy groups -OCH3 is 1. The number of carbonyl (C=O) groups excluding carboxylic acids is 2. The van der Waals surface area contributed by atoms with Gasteiger partial charge in [0, 0.05) is 38.1 Å². The van der Waals surface area contributed by atoms with Crippen molar-refractivity contribution in [3.05, 3.63) is 33.7 Å². The topological polar surface area (TPSA) is 89.4 Å². The zero-order chi connectivity index (χ0) is 20.7. The molecule has 28 heavy (non-hydrogen) atoms. The molecule has 2 amide bonds. The van der Waals surface area contributed by atoms with Crippen molar-refractivity contribution >= 4 is 11.8 Å². The van der Waals surface area contributed by atoms with Crippen molar-refractivity contribution in [3.63, 3.8) is 0 Å². The highest BCUT2D eigenvalue weighted by molar-refractivity contribution is 5.99. The maximum absolute atomic E-state index is 12.9. The molecular formula is C21H33N3O4. The van der Waals surface area contributed by atoms with Gasteiger partial charge in [0.2, 0.25) is 5.43 Å². The minimum atomic E-state index is -0.532. The van der Waals surface area contributed by atoms with Crippen molar-refractivity contribution < 1.29 is 14.3 Å². The first-order chi connectivity index (χ1) is 13.3. The third-order valence-electron chi connectivity index (χ3n) is 5.00. The summed E-state index contributed by atoms with van der Waals surface area (Å²) in [4.78, 5) is 38.2. The minimum absolute atomic E-state index is 0.00530. The third-order valence-corrected chi connectivity index (χ3v) is 5.00. The van der Waals surface area contributed by atoms with Crippen LogP contribution < -0.4 is 16.1 Å². The average Bonchev–Trinajstić information content (AvgIpc) is 2.67. The van der Waals surface area contributed by atoms with Gasteiger partial charge in [-0.2, -0.15) is 0 Å². The lowest BCUT2D eigenvalue weighted by atomic mass is 9.95. The molecule has 156 valence electrons. The fourth-order valence-electron chi connectivity index (χ4n) is 3.50. The minimum Gasteiger partial charge on any atom is -0.383 e. The highest BCUT2D eigenvalue weighted by Crippen LogP contribution is 2.28. The zero-order valence-corrected chi connectivity index (χ0v) is 17.4. The van der Waals surface area contributed by atoms with Crippen molar-refractivity contribution in [3.8, 4) is 0 Å². The molecule has 1 aromatic heterocycles. The number of rotatable bonds is 8. The van der Waals surface area contributed by atoms with Crippen LogP contribution in [0.25, 0.3) is 0 Å². The lowest BCUT2D eigenvalue weighted by Gasteiger charge is -2.26. The van der Waals surface area contributed by atoms with Crippen LogP contribution in [0.2, 0.25) is 0 Å². The molecular weight excluding hydrogens is 358 g/mol. The maximum atomic E-state index is 12.9. The molecule has 1 heterocycles. The summed E-state index contributed by atoms with van der Waals surface area (Å²) in [6, 6.07) is -0.0348. The van der Waals surface area contributed by atoms with Crippen molar-refractivity contribution in [2.24, 2.45) is 5.92 Å². The van der Waals surface area contributed by atoms with Gasteiger partial charge in [-0.25, -0.2) is 0 Å². The lowest BCUT2D eigenvalue weighted by Crippen LogP contribution is -2.40. The van der Waals surface area contributed by atoms with Crippen LogP contribution in [0.3, 0.4) is 0 Å². The van der Waals surface area contributed by atoms with Crippen molar-refractivity contribution in [2.45, 2.75) is 65.0 Å². The Hall–Kier alpha value is -2.15. The number of hydrogen-bond donors (Lipinski definition) is 2. The molecule has 1 aliphatic rings. The van der Waals surface area contributed by atoms with E-state index in [1.165, 1.54) is 6.42 Å². The number of carbonyl (C=O) groups is 2. The third kappa shape index (κ3) is 5.92. The maximum Gasteiger partial charge on any atom is 0.257 e. The second-order valence-electron chi connectivity index (χ2n) is 8.09. The largest absolute Gasteiger partial charge is 0.383 e. The number of amides is 2. The summed E-state index contributed by atoms with van der Waals surface area (Å²) in [5.41, 5.74) is -0.501. The van der Waals surface area contributed by atoms with Crippen LogP contribution in [0, 0.1) is 5.92 Å². The summed E-state index contributed by atoms with van der Waals surface area (Å²) in [6.45, 7) is 6.60. The van der Waals surface area contributed by atoms with E-state index in [1.54, 1.807) is 26.4 Å². The fourth-order valence-corrected chi connectivity index (χ4v) is 3.50. The average molecular weight is 392 g/mol. The highest BCUT2D eigenvalue weighted by atomic mass is 16.5. The van der Waals surface area contributed by atoms with Crippen molar-refractivity contribution in [1.29, 1.82) is 0 Å². The number of hydrogen-bond acceptors (Lipinski definition) is 4. The molecule has 1 saturated carbocycles. The molecule has 0 spiro atoms. The van der Waals surface area contributed by atoms with Gasteiger partial charge in [-0.1, -0.05) is 33.1 Å². The molecule has 7 heteroatoms. The van der Waals surface area contributed by atoms with Gasteiger partial charge in [0.1, 0.15) is 11.1 Å². The van der Waals surface area contributed by atoms with Crippen LogP contribution in [0.1, 0.15) is 79.6 Å². The second kappa shape index (κ2) is 10.4. The van der Waals surface area contributed by atoms with E-state index in [-0.39, 0.29) is 29.1 Å². The Labute approximate surface area is 166 Å². The van der Waals surface area contributed by atoms with Gasteiger partial charge in [-0.3, -0.25) is 14.4 Å². The number of ether oxygens (including phenoxy) is 1. The van der Waals surface area contributed by atoms with Gasteiger partial charge < -0.3 is 19.9 Å². The Morgan fingerprint density at radius 1 is 1.11 bits per heavy atom. The van der Waals surface area contributed by atoms with Crippen LogP contribution >= 0.6 is 0 Å². The quantitative estimate of drug-likeness (QED) is 0.712. The molecule has 1 aromatic rings. The molecule has 7 nitrogen and oxygen atoms in total. The van der Waals surface area contributed by atoms with E-state index in [1.807, 2.05) is 18.4 Å². The first-order valence-electron chi connectivity index (χ1n) is 10.2. The Morgan fingerprint density at radius 3 is 2.29 bits per heavy atom. The summed E-state index contributed by atoms with van der Waals surface area (Å²) in [5, 5.41) is 5.57. The number of aromatic nitrogens is 1. The number of pyridine rings is 1. The van der Waals surface area contributed by atoms with E-state index >= 15 is 0 Å². The van der Waals surface area contributed by atoms with Crippen LogP contribution in [0.5, 0.6) is 0 Å². The van der Waals surface area contributed by atoms with Gasteiger partial charge in [-0.05, 0) is 25.7 Å². The molecule has 1 aliphatic carbocycles. The van der Waals surface area contributed by atoms with Crippen LogP contribution in [0.4, 0.5) is 0 Å². The standard InChI is InChI=1S/C21H33N3O4/c1-14(2)10-22-20(26)17-11-24(16-8-6-5-7-9-16)12-18(19(17)25)21(27)23-15(3)13-28-4/h11-12,14-16H,5-10,13H2,1-4H3,(H,22,26)(H,23,27)/t15-/m1/s1. The van der Waals surface area contributed by atoms with E-state index in [0.29, 0.717) is 13.2 Å². The van der Waals surface area contributed by atoms with Gasteiger partial charge >= 0.3 is 0 Å². The summed E-state index contributed by atoms with van der Waals surface area (Å²) in [6.07, 6.45) is 8.60. The van der Waals surface area contributed by atoms with Crippen LogP contribution in [-0.4, -0.2) is 42.7 Å². The molecule has 0 bridgehead atoms. The highest BCUT2D eigenvalue weighted by Gasteiger charge is 2.23. The van der Waals surface area contributed by atoms with Gasteiger partial charge in [0.05, 0.1) is 6.61 Å². The first-order valence-corrected chi connectivity index (χ1v) is 10.2. The molecule has 0 aliphatic heterocycles. The predicted octanol–water partition coefficient (Wildman–Crippen LogP) is 2.50. The van der Waals surface area contributed by atoms with E-state index in [0.717, 1.165) is 25.7 Å². The Bertz CT molecular complexity index is 736.